The van der Waals surface area contributed by atoms with E-state index < -0.39 is 0 Å². The molecule has 0 fully saturated rings. The van der Waals surface area contributed by atoms with Gasteiger partial charge in [-0.2, -0.15) is 0 Å². The summed E-state index contributed by atoms with van der Waals surface area (Å²) in [6.07, 6.45) is 0.774. The van der Waals surface area contributed by atoms with E-state index in [4.69, 9.17) is 5.73 Å². The number of para-hydroxylation sites is 3. The number of nitrogen functional groups attached to an aromatic ring is 1. The fourth-order valence-corrected chi connectivity index (χ4v) is 2.60. The summed E-state index contributed by atoms with van der Waals surface area (Å²) in [7, 11) is 0. The Labute approximate surface area is 136 Å². The lowest BCUT2D eigenvalue weighted by atomic mass is 10.0. The number of hydrogen-bond acceptors (Lipinski definition) is 3. The summed E-state index contributed by atoms with van der Waals surface area (Å²) in [5.41, 5.74) is 11.1. The molecule has 0 unspecified atom stereocenters. The number of rotatable bonds is 5. The second-order valence-electron chi connectivity index (χ2n) is 5.52. The first-order valence-electron chi connectivity index (χ1n) is 7.66. The van der Waals surface area contributed by atoms with Crippen LogP contribution in [0, 0.1) is 0 Å². The molecule has 0 saturated carbocycles. The first-order valence-corrected chi connectivity index (χ1v) is 7.66. The van der Waals surface area contributed by atoms with Gasteiger partial charge in [-0.25, -0.2) is 0 Å². The average molecular weight is 304 g/mol. The van der Waals surface area contributed by atoms with Crippen LogP contribution in [0.25, 0.3) is 0 Å². The summed E-state index contributed by atoms with van der Waals surface area (Å²) in [4.78, 5) is 0. The summed E-state index contributed by atoms with van der Waals surface area (Å²) < 4.78 is 0. The molecular weight excluding hydrogens is 284 g/mol. The van der Waals surface area contributed by atoms with Crippen molar-refractivity contribution in [1.29, 1.82) is 0 Å². The lowest BCUT2D eigenvalue weighted by Crippen LogP contribution is -2.04. The molecule has 0 aliphatic heterocycles. The Balaban J connectivity index is 1.78. The van der Waals surface area contributed by atoms with Crippen molar-refractivity contribution in [3.8, 4) is 5.75 Å². The zero-order valence-electron chi connectivity index (χ0n) is 12.9. The van der Waals surface area contributed by atoms with E-state index in [9.17, 15) is 5.11 Å². The molecule has 116 valence electrons. The summed E-state index contributed by atoms with van der Waals surface area (Å²) in [5, 5.41) is 13.3. The van der Waals surface area contributed by atoms with Crippen molar-refractivity contribution in [2.45, 2.75) is 13.0 Å². The van der Waals surface area contributed by atoms with Gasteiger partial charge < -0.3 is 16.2 Å². The summed E-state index contributed by atoms with van der Waals surface area (Å²) >= 11 is 0. The quantitative estimate of drug-likeness (QED) is 0.620. The molecule has 0 saturated heterocycles. The molecule has 3 aromatic rings. The van der Waals surface area contributed by atoms with Gasteiger partial charge in [-0.15, -0.1) is 0 Å². The number of benzene rings is 3. The minimum Gasteiger partial charge on any atom is -0.508 e. The number of nitrogens with two attached hydrogens (primary N) is 1. The molecule has 0 heterocycles. The lowest BCUT2D eigenvalue weighted by Gasteiger charge is -2.14. The first kappa shape index (κ1) is 15.0. The third-order valence-corrected chi connectivity index (χ3v) is 3.91. The number of hydrogen-bond donors (Lipinski definition) is 3. The van der Waals surface area contributed by atoms with Crippen LogP contribution < -0.4 is 11.1 Å². The highest BCUT2D eigenvalue weighted by Gasteiger charge is 2.06. The van der Waals surface area contributed by atoms with Gasteiger partial charge in [0.25, 0.3) is 0 Å². The Bertz CT molecular complexity index is 799. The maximum atomic E-state index is 9.87. The number of phenolic OH excluding ortho intramolecular Hbond substituents is 1. The van der Waals surface area contributed by atoms with Gasteiger partial charge in [-0.3, -0.25) is 0 Å². The fraction of sp³-hybridized carbons (Fsp3) is 0.100. The molecule has 0 spiro atoms. The number of phenols is 1. The van der Waals surface area contributed by atoms with Gasteiger partial charge >= 0.3 is 0 Å². The Kier molecular flexibility index (Phi) is 4.48. The summed E-state index contributed by atoms with van der Waals surface area (Å²) in [6.45, 7) is 0.577. The van der Waals surface area contributed by atoms with Crippen LogP contribution in [0.3, 0.4) is 0 Å². The highest BCUT2D eigenvalue weighted by molar-refractivity contribution is 5.56. The third-order valence-electron chi connectivity index (χ3n) is 3.91. The van der Waals surface area contributed by atoms with E-state index in [2.05, 4.69) is 23.5 Å². The topological polar surface area (TPSA) is 58.3 Å². The number of anilines is 2. The Hall–Kier alpha value is -2.94. The van der Waals surface area contributed by atoms with Crippen LogP contribution in [-0.2, 0) is 13.0 Å². The molecule has 4 N–H and O–H groups in total. The van der Waals surface area contributed by atoms with Crippen molar-refractivity contribution < 1.29 is 5.11 Å². The van der Waals surface area contributed by atoms with E-state index in [0.29, 0.717) is 12.3 Å². The highest BCUT2D eigenvalue weighted by atomic mass is 16.3. The van der Waals surface area contributed by atoms with Crippen LogP contribution in [-0.4, -0.2) is 5.11 Å². The van der Waals surface area contributed by atoms with Gasteiger partial charge in [0.05, 0.1) is 0 Å². The van der Waals surface area contributed by atoms with E-state index in [1.165, 1.54) is 5.56 Å². The third kappa shape index (κ3) is 3.64. The van der Waals surface area contributed by atoms with Crippen molar-refractivity contribution >= 4 is 11.4 Å². The second kappa shape index (κ2) is 6.88. The van der Waals surface area contributed by atoms with Crippen molar-refractivity contribution in [3.63, 3.8) is 0 Å². The molecule has 0 atom stereocenters. The molecule has 0 amide bonds. The van der Waals surface area contributed by atoms with Gasteiger partial charge in [0.15, 0.2) is 0 Å². The SMILES string of the molecule is Nc1ccccc1Cc1ccccc1NCc1ccccc1O. The highest BCUT2D eigenvalue weighted by Crippen LogP contribution is 2.24. The van der Waals surface area contributed by atoms with Gasteiger partial charge in [-0.05, 0) is 29.3 Å². The first-order chi connectivity index (χ1) is 11.2. The Morgan fingerprint density at radius 3 is 2.09 bits per heavy atom. The van der Waals surface area contributed by atoms with Gasteiger partial charge in [0, 0.05) is 29.9 Å². The summed E-state index contributed by atoms with van der Waals surface area (Å²) in [5.74, 6) is 0.310. The molecule has 0 radical (unpaired) electrons. The van der Waals surface area contributed by atoms with E-state index in [1.54, 1.807) is 6.07 Å². The Morgan fingerprint density at radius 1 is 0.739 bits per heavy atom. The zero-order valence-corrected chi connectivity index (χ0v) is 12.9. The van der Waals surface area contributed by atoms with E-state index in [1.807, 2.05) is 48.5 Å². The van der Waals surface area contributed by atoms with E-state index in [-0.39, 0.29) is 0 Å². The molecule has 3 rings (SSSR count). The minimum atomic E-state index is 0.310. The normalized spacial score (nSPS) is 10.4. The van der Waals surface area contributed by atoms with Gasteiger partial charge in [-0.1, -0.05) is 54.6 Å². The molecule has 23 heavy (non-hydrogen) atoms. The van der Waals surface area contributed by atoms with Crippen molar-refractivity contribution in [2.75, 3.05) is 11.1 Å². The monoisotopic (exact) mass is 304 g/mol. The van der Waals surface area contributed by atoms with Gasteiger partial charge in [0.2, 0.25) is 0 Å². The van der Waals surface area contributed by atoms with Crippen molar-refractivity contribution in [1.82, 2.24) is 0 Å². The largest absolute Gasteiger partial charge is 0.508 e. The second-order valence-corrected chi connectivity index (χ2v) is 5.52. The molecule has 3 aromatic carbocycles. The van der Waals surface area contributed by atoms with Crippen LogP contribution in [0.15, 0.2) is 72.8 Å². The predicted octanol–water partition coefficient (Wildman–Crippen LogP) is 4.18. The zero-order chi connectivity index (χ0) is 16.1. The molecule has 0 aromatic heterocycles. The van der Waals surface area contributed by atoms with Crippen molar-refractivity contribution in [2.24, 2.45) is 0 Å². The number of aromatic hydroxyl groups is 1. The van der Waals surface area contributed by atoms with Crippen LogP contribution >= 0.6 is 0 Å². The maximum absolute atomic E-state index is 9.87. The molecule has 3 nitrogen and oxygen atoms in total. The standard InChI is InChI=1S/C20H20N2O/c21-18-10-4-1-7-15(18)13-16-8-2-5-11-19(16)22-14-17-9-3-6-12-20(17)23/h1-12,22-23H,13-14,21H2. The van der Waals surface area contributed by atoms with Gasteiger partial charge in [0.1, 0.15) is 5.75 Å². The van der Waals surface area contributed by atoms with Crippen LogP contribution in [0.1, 0.15) is 16.7 Å². The molecule has 0 aliphatic rings. The Morgan fingerprint density at radius 2 is 1.35 bits per heavy atom. The average Bonchev–Trinajstić information content (AvgIpc) is 2.57. The van der Waals surface area contributed by atoms with Crippen LogP contribution in [0.4, 0.5) is 11.4 Å². The predicted molar refractivity (Wildman–Crippen MR) is 95.5 cm³/mol. The van der Waals surface area contributed by atoms with Crippen LogP contribution in [0.2, 0.25) is 0 Å². The lowest BCUT2D eigenvalue weighted by molar-refractivity contribution is 0.469. The smallest absolute Gasteiger partial charge is 0.120 e. The summed E-state index contributed by atoms with van der Waals surface area (Å²) in [6, 6.07) is 23.5. The van der Waals surface area contributed by atoms with Crippen LogP contribution in [0.5, 0.6) is 5.75 Å². The minimum absolute atomic E-state index is 0.310. The van der Waals surface area contributed by atoms with Crippen molar-refractivity contribution in [3.05, 3.63) is 89.5 Å². The molecular formula is C20H20N2O. The molecule has 0 aliphatic carbocycles. The molecule has 3 heteroatoms. The van der Waals surface area contributed by atoms with E-state index in [0.717, 1.165) is 28.9 Å². The fourth-order valence-electron chi connectivity index (χ4n) is 2.60. The maximum Gasteiger partial charge on any atom is 0.120 e. The van der Waals surface area contributed by atoms with E-state index >= 15 is 0 Å². The molecule has 0 bridgehead atoms. The number of nitrogens with one attached hydrogen (secondary N) is 1.